The van der Waals surface area contributed by atoms with E-state index in [-0.39, 0.29) is 34.2 Å². The Morgan fingerprint density at radius 1 is 1.30 bits per heavy atom. The average molecular weight is 393 g/mol. The zero-order valence-electron chi connectivity index (χ0n) is 14.9. The van der Waals surface area contributed by atoms with E-state index in [2.05, 4.69) is 4.74 Å². The van der Waals surface area contributed by atoms with E-state index in [4.69, 9.17) is 31.5 Å². The Morgan fingerprint density at radius 3 is 2.52 bits per heavy atom. The first-order chi connectivity index (χ1) is 12.9. The topological polar surface area (TPSA) is 121 Å². The summed E-state index contributed by atoms with van der Waals surface area (Å²) < 4.78 is 20.0. The van der Waals surface area contributed by atoms with Crippen molar-refractivity contribution in [3.63, 3.8) is 0 Å². The highest BCUT2D eigenvalue weighted by Crippen LogP contribution is 2.42. The molecule has 1 atom stereocenters. The van der Waals surface area contributed by atoms with Crippen LogP contribution in [0.4, 0.5) is 0 Å². The van der Waals surface area contributed by atoms with Crippen LogP contribution < -0.4 is 10.5 Å². The maximum absolute atomic E-state index is 12.5. The first-order valence-electron chi connectivity index (χ1n) is 7.67. The normalized spacial score (nSPS) is 16.3. The minimum Gasteiger partial charge on any atom is -0.495 e. The molecule has 0 bridgehead atoms. The Balaban J connectivity index is 2.70. The third-order valence-corrected chi connectivity index (χ3v) is 4.24. The van der Waals surface area contributed by atoms with Gasteiger partial charge in [-0.3, -0.25) is 4.79 Å². The summed E-state index contributed by atoms with van der Waals surface area (Å²) in [7, 11) is 3.84. The minimum atomic E-state index is -0.931. The van der Waals surface area contributed by atoms with E-state index < -0.39 is 17.9 Å². The molecule has 0 spiro atoms. The Bertz CT molecular complexity index is 884. The van der Waals surface area contributed by atoms with E-state index in [9.17, 15) is 14.9 Å². The summed E-state index contributed by atoms with van der Waals surface area (Å²) in [6, 6.07) is 6.71. The number of esters is 2. The number of halogens is 1. The number of methoxy groups -OCH3 is 3. The number of nitrogens with zero attached hydrogens (tertiary/aromatic N) is 1. The van der Waals surface area contributed by atoms with Gasteiger partial charge in [-0.1, -0.05) is 17.7 Å². The summed E-state index contributed by atoms with van der Waals surface area (Å²) in [6.45, 7) is 0. The molecule has 1 heterocycles. The van der Waals surface area contributed by atoms with Crippen molar-refractivity contribution in [2.24, 2.45) is 5.73 Å². The first kappa shape index (κ1) is 20.1. The summed E-state index contributed by atoms with van der Waals surface area (Å²) in [5.74, 6) is -2.21. The number of rotatable bonds is 5. The van der Waals surface area contributed by atoms with Crippen molar-refractivity contribution in [2.45, 2.75) is 12.3 Å². The number of nitriles is 1. The maximum Gasteiger partial charge on any atom is 0.338 e. The molecule has 0 radical (unpaired) electrons. The third kappa shape index (κ3) is 3.99. The van der Waals surface area contributed by atoms with Gasteiger partial charge in [0.2, 0.25) is 5.88 Å². The first-order valence-corrected chi connectivity index (χ1v) is 8.04. The van der Waals surface area contributed by atoms with Gasteiger partial charge in [0.25, 0.3) is 0 Å². The number of ether oxygens (including phenoxy) is 4. The molecule has 1 aliphatic heterocycles. The van der Waals surface area contributed by atoms with Crippen molar-refractivity contribution in [2.75, 3.05) is 21.3 Å². The summed E-state index contributed by atoms with van der Waals surface area (Å²) in [5, 5.41) is 9.83. The number of carbonyl (C=O) groups is 2. The Labute approximate surface area is 160 Å². The fraction of sp³-hybridized carbons (Fsp3) is 0.278. The molecular formula is C18H17ClN2O6. The molecule has 0 aliphatic carbocycles. The predicted octanol–water partition coefficient (Wildman–Crippen LogP) is 2.15. The lowest BCUT2D eigenvalue weighted by molar-refractivity contribution is -0.140. The summed E-state index contributed by atoms with van der Waals surface area (Å²) in [4.78, 5) is 24.2. The maximum atomic E-state index is 12.5. The zero-order chi connectivity index (χ0) is 20.1. The number of hydrogen-bond acceptors (Lipinski definition) is 8. The lowest BCUT2D eigenvalue weighted by atomic mass is 9.82. The SMILES string of the molecule is COC(=O)CC1=C(C(=O)OC)[C@H](c2ccc(OC)c(Cl)c2)C(C#N)=C(N)O1. The predicted molar refractivity (Wildman–Crippen MR) is 94.3 cm³/mol. The van der Waals surface area contributed by atoms with Crippen LogP contribution in [0.1, 0.15) is 17.9 Å². The zero-order valence-corrected chi connectivity index (χ0v) is 15.6. The van der Waals surface area contributed by atoms with Crippen molar-refractivity contribution in [3.05, 3.63) is 51.6 Å². The van der Waals surface area contributed by atoms with Crippen LogP contribution in [0.15, 0.2) is 41.0 Å². The molecule has 0 saturated carbocycles. The van der Waals surface area contributed by atoms with Crippen molar-refractivity contribution >= 4 is 23.5 Å². The second-order valence-corrected chi connectivity index (χ2v) is 5.81. The molecule has 0 unspecified atom stereocenters. The number of benzene rings is 1. The van der Waals surface area contributed by atoms with Gasteiger partial charge < -0.3 is 24.7 Å². The molecule has 0 saturated heterocycles. The van der Waals surface area contributed by atoms with Gasteiger partial charge in [0.05, 0.1) is 37.8 Å². The van der Waals surface area contributed by atoms with E-state index in [0.717, 1.165) is 0 Å². The molecule has 8 nitrogen and oxygen atoms in total. The van der Waals surface area contributed by atoms with Gasteiger partial charge in [0.1, 0.15) is 29.6 Å². The monoisotopic (exact) mass is 392 g/mol. The molecule has 2 N–H and O–H groups in total. The second kappa shape index (κ2) is 8.47. The van der Waals surface area contributed by atoms with Crippen molar-refractivity contribution in [3.8, 4) is 11.8 Å². The molecule has 9 heteroatoms. The molecule has 142 valence electrons. The fourth-order valence-electron chi connectivity index (χ4n) is 2.68. The summed E-state index contributed by atoms with van der Waals surface area (Å²) in [6.07, 6.45) is -0.360. The Morgan fingerprint density at radius 2 is 2.00 bits per heavy atom. The van der Waals surface area contributed by atoms with Gasteiger partial charge in [0.15, 0.2) is 0 Å². The van der Waals surface area contributed by atoms with Crippen LogP contribution in [0.5, 0.6) is 5.75 Å². The molecule has 0 fully saturated rings. The number of carbonyl (C=O) groups excluding carboxylic acids is 2. The van der Waals surface area contributed by atoms with Gasteiger partial charge in [-0.2, -0.15) is 5.26 Å². The quantitative estimate of drug-likeness (QED) is 0.756. The van der Waals surface area contributed by atoms with Gasteiger partial charge in [-0.25, -0.2) is 4.79 Å². The van der Waals surface area contributed by atoms with Crippen LogP contribution in [0.2, 0.25) is 5.02 Å². The highest BCUT2D eigenvalue weighted by atomic mass is 35.5. The van der Waals surface area contributed by atoms with Crippen LogP contribution in [0.25, 0.3) is 0 Å². The standard InChI is InChI=1S/C18H17ClN2O6/c1-24-12-5-4-9(6-11(12)19)15-10(8-20)17(21)27-13(7-14(22)25-2)16(15)18(23)26-3/h4-6,15H,7,21H2,1-3H3/t15-/m1/s1. The Hall–Kier alpha value is -3.18. The minimum absolute atomic E-state index is 0.00903. The lowest BCUT2D eigenvalue weighted by Gasteiger charge is -2.27. The third-order valence-electron chi connectivity index (χ3n) is 3.94. The molecule has 1 aromatic carbocycles. The molecule has 1 aromatic rings. The molecule has 0 amide bonds. The van der Waals surface area contributed by atoms with Crippen LogP contribution in [-0.2, 0) is 23.8 Å². The fourth-order valence-corrected chi connectivity index (χ4v) is 2.95. The number of hydrogen-bond donors (Lipinski definition) is 1. The van der Waals surface area contributed by atoms with Crippen LogP contribution in [0.3, 0.4) is 0 Å². The molecule has 2 rings (SSSR count). The number of allylic oxidation sites excluding steroid dienone is 1. The van der Waals surface area contributed by atoms with Crippen LogP contribution in [0, 0.1) is 11.3 Å². The van der Waals surface area contributed by atoms with E-state index >= 15 is 0 Å². The van der Waals surface area contributed by atoms with E-state index in [0.29, 0.717) is 11.3 Å². The van der Waals surface area contributed by atoms with Crippen LogP contribution in [-0.4, -0.2) is 33.3 Å². The lowest BCUT2D eigenvalue weighted by Crippen LogP contribution is -2.27. The van der Waals surface area contributed by atoms with Crippen molar-refractivity contribution in [1.82, 2.24) is 0 Å². The smallest absolute Gasteiger partial charge is 0.338 e. The molecular weight excluding hydrogens is 376 g/mol. The van der Waals surface area contributed by atoms with Gasteiger partial charge >= 0.3 is 11.9 Å². The highest BCUT2D eigenvalue weighted by Gasteiger charge is 2.38. The molecule has 1 aliphatic rings. The van der Waals surface area contributed by atoms with Gasteiger partial charge in [-0.05, 0) is 17.7 Å². The van der Waals surface area contributed by atoms with Crippen LogP contribution >= 0.6 is 11.6 Å². The van der Waals surface area contributed by atoms with Gasteiger partial charge in [0, 0.05) is 0 Å². The van der Waals surface area contributed by atoms with Gasteiger partial charge in [-0.15, -0.1) is 0 Å². The van der Waals surface area contributed by atoms with E-state index in [1.807, 2.05) is 6.07 Å². The second-order valence-electron chi connectivity index (χ2n) is 5.40. The van der Waals surface area contributed by atoms with E-state index in [1.165, 1.54) is 21.3 Å². The van der Waals surface area contributed by atoms with Crippen molar-refractivity contribution < 1.29 is 28.5 Å². The average Bonchev–Trinajstić information content (AvgIpc) is 2.66. The largest absolute Gasteiger partial charge is 0.495 e. The molecule has 0 aromatic heterocycles. The molecule has 27 heavy (non-hydrogen) atoms. The number of nitrogens with two attached hydrogens (primary N) is 1. The Kier molecular flexibility index (Phi) is 6.32. The summed E-state index contributed by atoms with van der Waals surface area (Å²) in [5.41, 5.74) is 6.30. The van der Waals surface area contributed by atoms with Crippen molar-refractivity contribution in [1.29, 1.82) is 5.26 Å². The summed E-state index contributed by atoms with van der Waals surface area (Å²) >= 11 is 6.19. The highest BCUT2D eigenvalue weighted by molar-refractivity contribution is 6.32. The van der Waals surface area contributed by atoms with E-state index in [1.54, 1.807) is 18.2 Å².